The van der Waals surface area contributed by atoms with Crippen LogP contribution in [-0.2, 0) is 0 Å². The molecule has 0 saturated carbocycles. The molecule has 0 radical (unpaired) electrons. The van der Waals surface area contributed by atoms with Gasteiger partial charge in [0.05, 0.1) is 18.1 Å². The molecule has 0 atom stereocenters. The lowest BCUT2D eigenvalue weighted by Crippen LogP contribution is -2.21. The zero-order valence-electron chi connectivity index (χ0n) is 13.0. The van der Waals surface area contributed by atoms with Crippen LogP contribution in [0.15, 0.2) is 24.7 Å². The molecule has 7 nitrogen and oxygen atoms in total. The van der Waals surface area contributed by atoms with E-state index in [2.05, 4.69) is 35.4 Å². The summed E-state index contributed by atoms with van der Waals surface area (Å²) in [5, 5.41) is 11.4. The molecule has 0 aliphatic heterocycles. The molecule has 0 aliphatic rings. The standard InChI is InChI=1S/C15H19N7/c1-10-12-6-11(7-18-15(12)21-20-10)13-8-16-9-14(19-13)17-4-5-22(2)3/h6-9H,4-5H2,1-3H3,(H,17,19)(H,18,20,21). The Morgan fingerprint density at radius 1 is 1.23 bits per heavy atom. The molecule has 3 aromatic heterocycles. The number of aromatic amines is 1. The van der Waals surface area contributed by atoms with Crippen molar-refractivity contribution < 1.29 is 0 Å². The third-order valence-corrected chi connectivity index (χ3v) is 3.40. The highest BCUT2D eigenvalue weighted by Crippen LogP contribution is 2.22. The Kier molecular flexibility index (Phi) is 3.97. The van der Waals surface area contributed by atoms with E-state index in [1.807, 2.05) is 27.1 Å². The Balaban J connectivity index is 1.85. The zero-order chi connectivity index (χ0) is 15.5. The van der Waals surface area contributed by atoms with Crippen LogP contribution in [0, 0.1) is 6.92 Å². The smallest absolute Gasteiger partial charge is 0.181 e. The maximum Gasteiger partial charge on any atom is 0.181 e. The molecule has 22 heavy (non-hydrogen) atoms. The van der Waals surface area contributed by atoms with Crippen molar-refractivity contribution in [3.8, 4) is 11.3 Å². The number of pyridine rings is 1. The molecule has 0 unspecified atom stereocenters. The van der Waals surface area contributed by atoms with Crippen LogP contribution >= 0.6 is 0 Å². The van der Waals surface area contributed by atoms with E-state index in [4.69, 9.17) is 0 Å². The van der Waals surface area contributed by atoms with Gasteiger partial charge in [0.25, 0.3) is 0 Å². The molecule has 3 heterocycles. The summed E-state index contributed by atoms with van der Waals surface area (Å²) in [5.41, 5.74) is 3.44. The van der Waals surface area contributed by atoms with E-state index in [1.54, 1.807) is 18.6 Å². The van der Waals surface area contributed by atoms with Gasteiger partial charge < -0.3 is 10.2 Å². The Labute approximate surface area is 128 Å². The van der Waals surface area contributed by atoms with Gasteiger partial charge in [-0.15, -0.1) is 0 Å². The first kappa shape index (κ1) is 14.4. The number of aryl methyl sites for hydroxylation is 1. The molecule has 0 aromatic carbocycles. The molecule has 3 rings (SSSR count). The SMILES string of the molecule is Cc1[nH]nc2ncc(-c3cncc(NCCN(C)C)n3)cc12. The Morgan fingerprint density at radius 3 is 2.91 bits per heavy atom. The van der Waals surface area contributed by atoms with Gasteiger partial charge >= 0.3 is 0 Å². The van der Waals surface area contributed by atoms with Gasteiger partial charge in [-0.1, -0.05) is 0 Å². The van der Waals surface area contributed by atoms with Gasteiger partial charge in [0.2, 0.25) is 0 Å². The predicted octanol–water partition coefficient (Wildman–Crippen LogP) is 1.70. The van der Waals surface area contributed by atoms with Crippen LogP contribution in [0.2, 0.25) is 0 Å². The summed E-state index contributed by atoms with van der Waals surface area (Å²) in [6, 6.07) is 2.04. The van der Waals surface area contributed by atoms with Crippen molar-refractivity contribution in [3.63, 3.8) is 0 Å². The van der Waals surface area contributed by atoms with Crippen molar-refractivity contribution in [1.82, 2.24) is 30.0 Å². The van der Waals surface area contributed by atoms with Crippen molar-refractivity contribution in [2.24, 2.45) is 0 Å². The minimum atomic E-state index is 0.717. The summed E-state index contributed by atoms with van der Waals surface area (Å²) in [6.07, 6.45) is 5.25. The van der Waals surface area contributed by atoms with E-state index in [0.717, 1.165) is 46.9 Å². The zero-order valence-corrected chi connectivity index (χ0v) is 13.0. The second-order valence-corrected chi connectivity index (χ2v) is 5.46. The maximum atomic E-state index is 4.60. The highest BCUT2D eigenvalue weighted by molar-refractivity contribution is 5.82. The van der Waals surface area contributed by atoms with Gasteiger partial charge in [0.15, 0.2) is 5.65 Å². The fourth-order valence-electron chi connectivity index (χ4n) is 2.16. The van der Waals surface area contributed by atoms with Crippen LogP contribution in [0.4, 0.5) is 5.82 Å². The van der Waals surface area contributed by atoms with Crippen LogP contribution in [0.5, 0.6) is 0 Å². The molecular weight excluding hydrogens is 278 g/mol. The van der Waals surface area contributed by atoms with Gasteiger partial charge in [0, 0.05) is 35.9 Å². The van der Waals surface area contributed by atoms with E-state index in [0.29, 0.717) is 0 Å². The molecule has 0 aliphatic carbocycles. The number of rotatable bonds is 5. The minimum Gasteiger partial charge on any atom is -0.367 e. The second-order valence-electron chi connectivity index (χ2n) is 5.46. The lowest BCUT2D eigenvalue weighted by Gasteiger charge is -2.11. The summed E-state index contributed by atoms with van der Waals surface area (Å²) in [5.74, 6) is 0.767. The Morgan fingerprint density at radius 2 is 2.09 bits per heavy atom. The summed E-state index contributed by atoms with van der Waals surface area (Å²) in [7, 11) is 4.08. The first-order valence-electron chi connectivity index (χ1n) is 7.15. The van der Waals surface area contributed by atoms with Crippen molar-refractivity contribution in [2.45, 2.75) is 6.92 Å². The average Bonchev–Trinajstić information content (AvgIpc) is 2.88. The number of H-pyrrole nitrogens is 1. The lowest BCUT2D eigenvalue weighted by molar-refractivity contribution is 0.425. The summed E-state index contributed by atoms with van der Waals surface area (Å²) < 4.78 is 0. The average molecular weight is 297 g/mol. The molecule has 3 aromatic rings. The number of nitrogens with one attached hydrogen (secondary N) is 2. The summed E-state index contributed by atoms with van der Waals surface area (Å²) in [4.78, 5) is 15.3. The van der Waals surface area contributed by atoms with Crippen LogP contribution in [0.3, 0.4) is 0 Å². The molecule has 0 fully saturated rings. The number of anilines is 1. The monoisotopic (exact) mass is 297 g/mol. The van der Waals surface area contributed by atoms with Gasteiger partial charge in [-0.25, -0.2) is 9.97 Å². The second kappa shape index (κ2) is 6.07. The van der Waals surface area contributed by atoms with Crippen molar-refractivity contribution in [3.05, 3.63) is 30.4 Å². The van der Waals surface area contributed by atoms with Crippen LogP contribution < -0.4 is 5.32 Å². The van der Waals surface area contributed by atoms with E-state index >= 15 is 0 Å². The summed E-state index contributed by atoms with van der Waals surface area (Å²) in [6.45, 7) is 3.74. The first-order chi connectivity index (χ1) is 10.6. The molecule has 0 spiro atoms. The number of hydrogen-bond acceptors (Lipinski definition) is 6. The van der Waals surface area contributed by atoms with Crippen LogP contribution in [0.1, 0.15) is 5.69 Å². The van der Waals surface area contributed by atoms with Gasteiger partial charge in [-0.3, -0.25) is 10.1 Å². The maximum absolute atomic E-state index is 4.60. The topological polar surface area (TPSA) is 82.6 Å². The largest absolute Gasteiger partial charge is 0.367 e. The van der Waals surface area contributed by atoms with Crippen molar-refractivity contribution in [1.29, 1.82) is 0 Å². The number of aromatic nitrogens is 5. The summed E-state index contributed by atoms with van der Waals surface area (Å²) >= 11 is 0. The molecule has 114 valence electrons. The highest BCUT2D eigenvalue weighted by Gasteiger charge is 2.07. The number of likely N-dealkylation sites (N-methyl/N-ethyl adjacent to an activating group) is 1. The molecule has 0 bridgehead atoms. The molecule has 0 amide bonds. The predicted molar refractivity (Wildman–Crippen MR) is 86.7 cm³/mol. The minimum absolute atomic E-state index is 0.717. The van der Waals surface area contributed by atoms with Crippen LogP contribution in [0.25, 0.3) is 22.3 Å². The highest BCUT2D eigenvalue weighted by atomic mass is 15.1. The Hall–Kier alpha value is -2.54. The third kappa shape index (κ3) is 3.04. The van der Waals surface area contributed by atoms with Crippen molar-refractivity contribution >= 4 is 16.9 Å². The normalized spacial score (nSPS) is 11.3. The fourth-order valence-corrected chi connectivity index (χ4v) is 2.16. The lowest BCUT2D eigenvalue weighted by atomic mass is 10.1. The fraction of sp³-hybridized carbons (Fsp3) is 0.333. The van der Waals surface area contributed by atoms with Gasteiger partial charge in [0.1, 0.15) is 5.82 Å². The van der Waals surface area contributed by atoms with Gasteiger partial charge in [-0.05, 0) is 27.1 Å². The van der Waals surface area contributed by atoms with E-state index < -0.39 is 0 Å². The van der Waals surface area contributed by atoms with E-state index in [-0.39, 0.29) is 0 Å². The van der Waals surface area contributed by atoms with Crippen LogP contribution in [-0.4, -0.2) is 57.2 Å². The molecule has 7 heteroatoms. The molecule has 2 N–H and O–H groups in total. The number of nitrogens with zero attached hydrogens (tertiary/aromatic N) is 5. The number of fused-ring (bicyclic) bond motifs is 1. The quantitative estimate of drug-likeness (QED) is 0.746. The third-order valence-electron chi connectivity index (χ3n) is 3.40. The first-order valence-corrected chi connectivity index (χ1v) is 7.15. The molecule has 0 saturated heterocycles. The Bertz CT molecular complexity index is 778. The van der Waals surface area contributed by atoms with Crippen molar-refractivity contribution in [2.75, 3.05) is 32.5 Å². The molecular formula is C15H19N7. The van der Waals surface area contributed by atoms with E-state index in [9.17, 15) is 0 Å². The van der Waals surface area contributed by atoms with Gasteiger partial charge in [-0.2, -0.15) is 5.10 Å². The van der Waals surface area contributed by atoms with E-state index in [1.165, 1.54) is 0 Å². The number of hydrogen-bond donors (Lipinski definition) is 2.